The van der Waals surface area contributed by atoms with Crippen LogP contribution in [-0.4, -0.2) is 35.4 Å². The van der Waals surface area contributed by atoms with Gasteiger partial charge in [0, 0.05) is 12.1 Å². The maximum Gasteiger partial charge on any atom is 0.295 e. The average Bonchev–Trinajstić information content (AvgIpc) is 3.16. The van der Waals surface area contributed by atoms with Crippen LogP contribution in [0.2, 0.25) is 0 Å². The summed E-state index contributed by atoms with van der Waals surface area (Å²) < 4.78 is 11.5. The van der Waals surface area contributed by atoms with Crippen molar-refractivity contribution in [2.75, 3.05) is 13.7 Å². The summed E-state index contributed by atoms with van der Waals surface area (Å²) >= 11 is 0. The van der Waals surface area contributed by atoms with Gasteiger partial charge in [-0.25, -0.2) is 0 Å². The summed E-state index contributed by atoms with van der Waals surface area (Å²) in [4.78, 5) is 28.1. The fourth-order valence-corrected chi connectivity index (χ4v) is 4.54. The Balaban J connectivity index is 1.79. The number of aliphatic hydroxyl groups excluding tert-OH is 1. The number of nitrogens with zero attached hydrogens (tertiary/aromatic N) is 1. The number of rotatable bonds is 10. The Kier molecular flexibility index (Phi) is 8.29. The summed E-state index contributed by atoms with van der Waals surface area (Å²) in [6.07, 6.45) is 3.11. The van der Waals surface area contributed by atoms with Gasteiger partial charge in [-0.15, -0.1) is 0 Å². The van der Waals surface area contributed by atoms with Gasteiger partial charge in [0.05, 0.1) is 25.3 Å². The van der Waals surface area contributed by atoms with E-state index in [1.54, 1.807) is 31.4 Å². The van der Waals surface area contributed by atoms with Gasteiger partial charge in [-0.2, -0.15) is 0 Å². The van der Waals surface area contributed by atoms with Crippen LogP contribution in [0.4, 0.5) is 0 Å². The molecule has 0 spiro atoms. The number of carbonyl (C=O) groups excluding carboxylic acids is 2. The Morgan fingerprint density at radius 2 is 1.68 bits per heavy atom. The Labute approximate surface area is 218 Å². The van der Waals surface area contributed by atoms with E-state index < -0.39 is 17.7 Å². The quantitative estimate of drug-likeness (QED) is 0.156. The van der Waals surface area contributed by atoms with Crippen LogP contribution in [-0.2, 0) is 16.1 Å². The molecule has 0 aliphatic carbocycles. The maximum atomic E-state index is 13.3. The second kappa shape index (κ2) is 11.8. The lowest BCUT2D eigenvalue weighted by Crippen LogP contribution is -2.29. The van der Waals surface area contributed by atoms with Crippen molar-refractivity contribution in [2.24, 2.45) is 0 Å². The zero-order valence-electron chi connectivity index (χ0n) is 21.6. The molecule has 3 aromatic rings. The smallest absolute Gasteiger partial charge is 0.295 e. The first-order valence-electron chi connectivity index (χ1n) is 12.6. The molecule has 0 saturated carbocycles. The van der Waals surface area contributed by atoms with Crippen molar-refractivity contribution in [1.29, 1.82) is 0 Å². The molecule has 1 heterocycles. The number of Topliss-reactive ketones (excluding diaryl/α,β-unsaturated/α-hetero) is 1. The Hall–Kier alpha value is -4.06. The number of ketones is 1. The van der Waals surface area contributed by atoms with E-state index in [4.69, 9.17) is 9.47 Å². The molecule has 3 aromatic carbocycles. The third-order valence-corrected chi connectivity index (χ3v) is 6.57. The Bertz CT molecular complexity index is 1280. The molecule has 0 bridgehead atoms. The van der Waals surface area contributed by atoms with E-state index in [0.29, 0.717) is 29.2 Å². The van der Waals surface area contributed by atoms with Gasteiger partial charge in [0.1, 0.15) is 5.76 Å². The van der Waals surface area contributed by atoms with Crippen LogP contribution in [0.1, 0.15) is 54.5 Å². The molecule has 192 valence electrons. The molecule has 6 nitrogen and oxygen atoms in total. The average molecular weight is 500 g/mol. The fourth-order valence-electron chi connectivity index (χ4n) is 4.54. The molecule has 1 saturated heterocycles. The summed E-state index contributed by atoms with van der Waals surface area (Å²) in [5, 5.41) is 11.3. The van der Waals surface area contributed by atoms with Crippen molar-refractivity contribution in [3.05, 3.63) is 101 Å². The van der Waals surface area contributed by atoms with Gasteiger partial charge in [0.2, 0.25) is 0 Å². The van der Waals surface area contributed by atoms with Crippen LogP contribution in [0.5, 0.6) is 11.5 Å². The first kappa shape index (κ1) is 26.0. The summed E-state index contributed by atoms with van der Waals surface area (Å²) in [6, 6.07) is 21.3. The van der Waals surface area contributed by atoms with Crippen LogP contribution in [0.15, 0.2) is 78.4 Å². The van der Waals surface area contributed by atoms with E-state index in [9.17, 15) is 14.7 Å². The van der Waals surface area contributed by atoms with Gasteiger partial charge >= 0.3 is 0 Å². The Morgan fingerprint density at radius 1 is 0.946 bits per heavy atom. The summed E-state index contributed by atoms with van der Waals surface area (Å²) in [7, 11) is 1.56. The van der Waals surface area contributed by atoms with E-state index in [-0.39, 0.29) is 17.9 Å². The molecule has 4 rings (SSSR count). The SMILES string of the molecule is CCCCCOc1ccc(C2C(=C(O)c3ccc(C)cc3)C(=O)C(=O)N2Cc2ccccc2)cc1OC. The highest BCUT2D eigenvalue weighted by atomic mass is 16.5. The van der Waals surface area contributed by atoms with Crippen molar-refractivity contribution in [3.8, 4) is 11.5 Å². The van der Waals surface area contributed by atoms with Gasteiger partial charge in [0.15, 0.2) is 11.5 Å². The monoisotopic (exact) mass is 499 g/mol. The third kappa shape index (κ3) is 5.69. The van der Waals surface area contributed by atoms with E-state index in [0.717, 1.165) is 30.4 Å². The van der Waals surface area contributed by atoms with Crippen LogP contribution in [0.25, 0.3) is 5.76 Å². The van der Waals surface area contributed by atoms with E-state index in [2.05, 4.69) is 6.92 Å². The minimum atomic E-state index is -0.787. The second-order valence-corrected chi connectivity index (χ2v) is 9.24. The molecule has 37 heavy (non-hydrogen) atoms. The molecule has 1 aliphatic rings. The summed E-state index contributed by atoms with van der Waals surface area (Å²) in [5.74, 6) is -0.451. The zero-order chi connectivity index (χ0) is 26.4. The first-order chi connectivity index (χ1) is 17.9. The lowest BCUT2D eigenvalue weighted by Gasteiger charge is -2.26. The van der Waals surface area contributed by atoms with Crippen LogP contribution in [0.3, 0.4) is 0 Å². The van der Waals surface area contributed by atoms with Gasteiger partial charge in [-0.1, -0.05) is 86.0 Å². The predicted molar refractivity (Wildman–Crippen MR) is 143 cm³/mol. The largest absolute Gasteiger partial charge is 0.507 e. The number of methoxy groups -OCH3 is 1. The summed E-state index contributed by atoms with van der Waals surface area (Å²) in [5.41, 5.74) is 3.10. The molecule has 6 heteroatoms. The lowest BCUT2D eigenvalue weighted by molar-refractivity contribution is -0.140. The van der Waals surface area contributed by atoms with Crippen molar-refractivity contribution in [1.82, 2.24) is 4.90 Å². The minimum Gasteiger partial charge on any atom is -0.507 e. The number of likely N-dealkylation sites (tertiary alicyclic amines) is 1. The fraction of sp³-hybridized carbons (Fsp3) is 0.290. The number of hydrogen-bond acceptors (Lipinski definition) is 5. The number of aliphatic hydroxyl groups is 1. The third-order valence-electron chi connectivity index (χ3n) is 6.57. The van der Waals surface area contributed by atoms with Crippen molar-refractivity contribution < 1.29 is 24.2 Å². The minimum absolute atomic E-state index is 0.0588. The van der Waals surface area contributed by atoms with E-state index in [1.165, 1.54) is 4.90 Å². The molecular formula is C31H33NO5. The zero-order valence-corrected chi connectivity index (χ0v) is 21.6. The molecule has 1 aliphatic heterocycles. The highest BCUT2D eigenvalue weighted by Crippen LogP contribution is 2.42. The molecule has 1 N–H and O–H groups in total. The van der Waals surface area contributed by atoms with Crippen molar-refractivity contribution in [2.45, 2.75) is 45.7 Å². The maximum absolute atomic E-state index is 13.3. The van der Waals surface area contributed by atoms with Gasteiger partial charge in [0.25, 0.3) is 11.7 Å². The van der Waals surface area contributed by atoms with E-state index >= 15 is 0 Å². The number of unbranched alkanes of at least 4 members (excludes halogenated alkanes) is 2. The molecule has 1 amide bonds. The molecule has 1 unspecified atom stereocenters. The lowest BCUT2D eigenvalue weighted by atomic mass is 9.94. The predicted octanol–water partition coefficient (Wildman–Crippen LogP) is 6.19. The molecule has 0 aromatic heterocycles. The van der Waals surface area contributed by atoms with Gasteiger partial charge in [-0.3, -0.25) is 9.59 Å². The van der Waals surface area contributed by atoms with Crippen LogP contribution < -0.4 is 9.47 Å². The van der Waals surface area contributed by atoms with Gasteiger partial charge in [-0.05, 0) is 36.6 Å². The molecular weight excluding hydrogens is 466 g/mol. The van der Waals surface area contributed by atoms with E-state index in [1.807, 2.05) is 55.5 Å². The highest BCUT2D eigenvalue weighted by molar-refractivity contribution is 6.46. The highest BCUT2D eigenvalue weighted by Gasteiger charge is 2.46. The number of benzene rings is 3. The first-order valence-corrected chi connectivity index (χ1v) is 12.6. The topological polar surface area (TPSA) is 76.1 Å². The molecule has 1 fully saturated rings. The molecule has 0 radical (unpaired) electrons. The van der Waals surface area contributed by atoms with Crippen LogP contribution >= 0.6 is 0 Å². The van der Waals surface area contributed by atoms with Crippen LogP contribution in [0, 0.1) is 6.92 Å². The normalized spacial score (nSPS) is 16.7. The number of aryl methyl sites for hydroxylation is 1. The number of carbonyl (C=O) groups is 2. The molecule has 1 atom stereocenters. The Morgan fingerprint density at radius 3 is 2.35 bits per heavy atom. The second-order valence-electron chi connectivity index (χ2n) is 9.24. The van der Waals surface area contributed by atoms with Crippen molar-refractivity contribution >= 4 is 17.4 Å². The number of ether oxygens (including phenoxy) is 2. The standard InChI is InChI=1S/C31H33NO5/c1-4-5-9-18-37-25-17-16-24(19-26(25)36-3)28-27(29(33)23-14-12-21(2)13-15-23)30(34)31(35)32(28)20-22-10-7-6-8-11-22/h6-8,10-17,19,28,33H,4-5,9,18,20H2,1-3H3. The van der Waals surface area contributed by atoms with Gasteiger partial charge < -0.3 is 19.5 Å². The summed E-state index contributed by atoms with van der Waals surface area (Å²) in [6.45, 7) is 4.88. The van der Waals surface area contributed by atoms with Crippen molar-refractivity contribution in [3.63, 3.8) is 0 Å². The number of amides is 1. The number of hydrogen-bond donors (Lipinski definition) is 1.